The van der Waals surface area contributed by atoms with Crippen molar-refractivity contribution in [3.05, 3.63) is 59.9 Å². The number of rotatable bonds is 6. The Labute approximate surface area is 146 Å². The third kappa shape index (κ3) is 6.25. The lowest BCUT2D eigenvalue weighted by atomic mass is 10.1. The summed E-state index contributed by atoms with van der Waals surface area (Å²) in [6, 6.07) is 12.8. The summed E-state index contributed by atoms with van der Waals surface area (Å²) in [6.45, 7) is 4.04. The van der Waals surface area contributed by atoms with Crippen LogP contribution >= 0.6 is 0 Å². The molecule has 0 heterocycles. The summed E-state index contributed by atoms with van der Waals surface area (Å²) < 4.78 is 13.1. The molecule has 6 heteroatoms. The van der Waals surface area contributed by atoms with Crippen molar-refractivity contribution in [2.45, 2.75) is 20.3 Å². The van der Waals surface area contributed by atoms with Crippen LogP contribution in [0.1, 0.15) is 19.4 Å². The van der Waals surface area contributed by atoms with Crippen molar-refractivity contribution < 1.29 is 14.0 Å². The summed E-state index contributed by atoms with van der Waals surface area (Å²) in [5.41, 5.74) is 2.12. The first-order valence-electron chi connectivity index (χ1n) is 8.14. The normalized spacial score (nSPS) is 10.4. The van der Waals surface area contributed by atoms with Gasteiger partial charge >= 0.3 is 6.03 Å². The van der Waals surface area contributed by atoms with E-state index in [2.05, 4.69) is 16.0 Å². The monoisotopic (exact) mass is 343 g/mol. The number of hydrogen-bond acceptors (Lipinski definition) is 2. The topological polar surface area (TPSA) is 70.2 Å². The Kier molecular flexibility index (Phi) is 6.51. The minimum absolute atomic E-state index is 0.0594. The maximum atomic E-state index is 13.1. The summed E-state index contributed by atoms with van der Waals surface area (Å²) in [7, 11) is 0. The number of hydrogen-bond donors (Lipinski definition) is 3. The van der Waals surface area contributed by atoms with E-state index in [1.807, 2.05) is 19.9 Å². The highest BCUT2D eigenvalue weighted by atomic mass is 19.1. The molecule has 2 rings (SSSR count). The number of amides is 3. The lowest BCUT2D eigenvalue weighted by Crippen LogP contribution is -2.30. The number of benzene rings is 2. The van der Waals surface area contributed by atoms with Crippen LogP contribution in [0.25, 0.3) is 0 Å². The average molecular weight is 343 g/mol. The van der Waals surface area contributed by atoms with Gasteiger partial charge in [0, 0.05) is 23.8 Å². The zero-order valence-corrected chi connectivity index (χ0v) is 14.3. The van der Waals surface area contributed by atoms with Crippen molar-refractivity contribution >= 4 is 23.3 Å². The zero-order valence-electron chi connectivity index (χ0n) is 14.3. The van der Waals surface area contributed by atoms with Gasteiger partial charge in [-0.25, -0.2) is 9.18 Å². The molecular formula is C19H22FN3O2. The van der Waals surface area contributed by atoms with Gasteiger partial charge in [-0.2, -0.15) is 0 Å². The number of carbonyl (C=O) groups excluding carboxylic acids is 2. The predicted octanol–water partition coefficient (Wildman–Crippen LogP) is 3.78. The summed E-state index contributed by atoms with van der Waals surface area (Å²) in [4.78, 5) is 23.5. The number of anilines is 2. The van der Waals surface area contributed by atoms with Crippen LogP contribution in [0, 0.1) is 11.7 Å². The molecule has 0 radical (unpaired) electrons. The van der Waals surface area contributed by atoms with E-state index in [4.69, 9.17) is 0 Å². The molecule has 3 N–H and O–H groups in total. The molecule has 0 spiro atoms. The lowest BCUT2D eigenvalue weighted by molar-refractivity contribution is -0.118. The van der Waals surface area contributed by atoms with E-state index in [-0.39, 0.29) is 23.7 Å². The number of nitrogens with one attached hydrogen (secondary N) is 3. The van der Waals surface area contributed by atoms with Gasteiger partial charge in [0.2, 0.25) is 5.91 Å². The van der Waals surface area contributed by atoms with Crippen molar-refractivity contribution in [2.24, 2.45) is 5.92 Å². The molecule has 2 aromatic carbocycles. The van der Waals surface area contributed by atoms with E-state index >= 15 is 0 Å². The Balaban J connectivity index is 1.77. The summed E-state index contributed by atoms with van der Waals surface area (Å²) in [6.07, 6.45) is 0.547. The highest BCUT2D eigenvalue weighted by Gasteiger charge is 2.07. The molecule has 0 aliphatic rings. The van der Waals surface area contributed by atoms with E-state index in [1.165, 1.54) is 12.1 Å². The van der Waals surface area contributed by atoms with Crippen LogP contribution in [-0.4, -0.2) is 18.5 Å². The fraction of sp³-hybridized carbons (Fsp3) is 0.263. The van der Waals surface area contributed by atoms with Crippen LogP contribution in [0.5, 0.6) is 0 Å². The average Bonchev–Trinajstić information content (AvgIpc) is 2.56. The van der Waals surface area contributed by atoms with Crippen LogP contribution < -0.4 is 16.0 Å². The fourth-order valence-corrected chi connectivity index (χ4v) is 2.11. The quantitative estimate of drug-likeness (QED) is 0.747. The zero-order chi connectivity index (χ0) is 18.2. The van der Waals surface area contributed by atoms with E-state index in [9.17, 15) is 14.0 Å². The smallest absolute Gasteiger partial charge is 0.319 e. The first-order chi connectivity index (χ1) is 11.9. The third-order valence-corrected chi connectivity index (χ3v) is 3.52. The molecular weight excluding hydrogens is 321 g/mol. The van der Waals surface area contributed by atoms with Crippen molar-refractivity contribution in [2.75, 3.05) is 17.2 Å². The minimum atomic E-state index is -0.338. The van der Waals surface area contributed by atoms with Gasteiger partial charge < -0.3 is 16.0 Å². The van der Waals surface area contributed by atoms with E-state index in [1.54, 1.807) is 30.3 Å². The number of urea groups is 1. The van der Waals surface area contributed by atoms with Crippen molar-refractivity contribution in [3.63, 3.8) is 0 Å². The second kappa shape index (κ2) is 8.82. The number of halogens is 1. The Bertz CT molecular complexity index is 730. The van der Waals surface area contributed by atoms with Gasteiger partial charge in [-0.15, -0.1) is 0 Å². The molecule has 2 aromatic rings. The highest BCUT2D eigenvalue weighted by Crippen LogP contribution is 2.14. The molecule has 0 fully saturated rings. The molecule has 0 saturated heterocycles. The van der Waals surface area contributed by atoms with Crippen LogP contribution in [-0.2, 0) is 11.2 Å². The second-order valence-corrected chi connectivity index (χ2v) is 5.98. The van der Waals surface area contributed by atoms with Crippen molar-refractivity contribution in [3.8, 4) is 0 Å². The summed E-state index contributed by atoms with van der Waals surface area (Å²) in [5, 5.41) is 8.21. The fourth-order valence-electron chi connectivity index (χ4n) is 2.11. The Morgan fingerprint density at radius 3 is 2.24 bits per heavy atom. The minimum Gasteiger partial charge on any atom is -0.338 e. The van der Waals surface area contributed by atoms with Crippen LogP contribution in [0.3, 0.4) is 0 Å². The van der Waals surface area contributed by atoms with Gasteiger partial charge in [-0.3, -0.25) is 4.79 Å². The molecule has 0 atom stereocenters. The first-order valence-corrected chi connectivity index (χ1v) is 8.14. The molecule has 0 bridgehead atoms. The van der Waals surface area contributed by atoms with Crippen molar-refractivity contribution in [1.29, 1.82) is 0 Å². The van der Waals surface area contributed by atoms with E-state index in [0.29, 0.717) is 24.3 Å². The Morgan fingerprint density at radius 2 is 1.64 bits per heavy atom. The largest absolute Gasteiger partial charge is 0.338 e. The molecule has 0 saturated carbocycles. The maximum Gasteiger partial charge on any atom is 0.319 e. The van der Waals surface area contributed by atoms with Gasteiger partial charge in [0.1, 0.15) is 5.82 Å². The van der Waals surface area contributed by atoms with Gasteiger partial charge in [-0.1, -0.05) is 26.0 Å². The summed E-state index contributed by atoms with van der Waals surface area (Å²) >= 11 is 0. The maximum absolute atomic E-state index is 13.1. The molecule has 3 amide bonds. The molecule has 25 heavy (non-hydrogen) atoms. The van der Waals surface area contributed by atoms with Gasteiger partial charge in [0.15, 0.2) is 0 Å². The van der Waals surface area contributed by atoms with E-state index < -0.39 is 0 Å². The van der Waals surface area contributed by atoms with Gasteiger partial charge in [0.05, 0.1) is 0 Å². The molecule has 0 unspecified atom stereocenters. The lowest BCUT2D eigenvalue weighted by Gasteiger charge is -2.10. The Hall–Kier alpha value is -2.89. The third-order valence-electron chi connectivity index (χ3n) is 3.52. The highest BCUT2D eigenvalue weighted by molar-refractivity contribution is 5.93. The van der Waals surface area contributed by atoms with Crippen LogP contribution in [0.4, 0.5) is 20.6 Å². The van der Waals surface area contributed by atoms with Crippen LogP contribution in [0.2, 0.25) is 0 Å². The second-order valence-electron chi connectivity index (χ2n) is 5.98. The molecule has 0 aliphatic heterocycles. The Morgan fingerprint density at radius 1 is 1.00 bits per heavy atom. The van der Waals surface area contributed by atoms with Gasteiger partial charge in [0.25, 0.3) is 0 Å². The summed E-state index contributed by atoms with van der Waals surface area (Å²) in [5.74, 6) is -0.441. The molecule has 132 valence electrons. The van der Waals surface area contributed by atoms with E-state index in [0.717, 1.165) is 5.56 Å². The molecule has 0 aliphatic carbocycles. The number of carbonyl (C=O) groups is 2. The predicted molar refractivity (Wildman–Crippen MR) is 97.0 cm³/mol. The van der Waals surface area contributed by atoms with Crippen molar-refractivity contribution in [1.82, 2.24) is 5.32 Å². The SMILES string of the molecule is CC(C)C(=O)Nc1ccc(NC(=O)NCCc2cccc(F)c2)cc1. The molecule has 5 nitrogen and oxygen atoms in total. The first kappa shape index (κ1) is 18.4. The van der Waals surface area contributed by atoms with Crippen LogP contribution in [0.15, 0.2) is 48.5 Å². The molecule has 0 aromatic heterocycles. The standard InChI is InChI=1S/C19H22FN3O2/c1-13(2)18(24)22-16-6-8-17(9-7-16)23-19(25)21-11-10-14-4-3-5-15(20)12-14/h3-9,12-13H,10-11H2,1-2H3,(H,22,24)(H2,21,23,25). The van der Waals surface area contributed by atoms with Gasteiger partial charge in [-0.05, 0) is 48.4 Å².